The Morgan fingerprint density at radius 3 is 2.58 bits per heavy atom. The topological polar surface area (TPSA) is 54.5 Å². The lowest BCUT2D eigenvalue weighted by Gasteiger charge is -2.26. The van der Waals surface area contributed by atoms with Gasteiger partial charge in [0.1, 0.15) is 5.82 Å². The lowest BCUT2D eigenvalue weighted by molar-refractivity contribution is -0.132. The van der Waals surface area contributed by atoms with Gasteiger partial charge in [0, 0.05) is 19.5 Å². The predicted octanol–water partition coefficient (Wildman–Crippen LogP) is 2.66. The molecule has 0 N–H and O–H groups in total. The molecule has 1 amide bonds. The quantitative estimate of drug-likeness (QED) is 0.818. The number of halogens is 1. The van der Waals surface area contributed by atoms with Gasteiger partial charge in [0.25, 0.3) is 0 Å². The van der Waals surface area contributed by atoms with Gasteiger partial charge in [-0.2, -0.15) is 0 Å². The molecule has 1 saturated heterocycles. The summed E-state index contributed by atoms with van der Waals surface area (Å²) in [5.74, 6) is 0.554. The molecule has 132 valence electrons. The largest absolute Gasteiger partial charge is 0.342 e. The van der Waals surface area contributed by atoms with Crippen LogP contribution in [0.25, 0.3) is 0 Å². The molecule has 1 aromatic carbocycles. The van der Waals surface area contributed by atoms with E-state index in [2.05, 4.69) is 0 Å². The molecule has 1 aliphatic carbocycles. The number of hydrogen-bond acceptors (Lipinski definition) is 3. The van der Waals surface area contributed by atoms with E-state index in [-0.39, 0.29) is 35.2 Å². The Morgan fingerprint density at radius 2 is 2.04 bits per heavy atom. The van der Waals surface area contributed by atoms with Crippen molar-refractivity contribution < 1.29 is 17.6 Å². The minimum atomic E-state index is -3.00. The number of sulfone groups is 1. The Kier molecular flexibility index (Phi) is 4.69. The highest BCUT2D eigenvalue weighted by Crippen LogP contribution is 2.45. The van der Waals surface area contributed by atoms with Gasteiger partial charge in [-0.3, -0.25) is 4.79 Å². The van der Waals surface area contributed by atoms with Crippen molar-refractivity contribution in [2.45, 2.75) is 44.6 Å². The van der Waals surface area contributed by atoms with Gasteiger partial charge in [-0.25, -0.2) is 12.8 Å². The van der Waals surface area contributed by atoms with Crippen LogP contribution in [-0.2, 0) is 14.6 Å². The molecule has 3 rings (SSSR count). The molecule has 2 aliphatic rings. The maximum atomic E-state index is 13.5. The molecular weight excluding hydrogens is 329 g/mol. The van der Waals surface area contributed by atoms with Crippen molar-refractivity contribution >= 4 is 15.7 Å². The fourth-order valence-corrected chi connectivity index (χ4v) is 5.34. The van der Waals surface area contributed by atoms with E-state index in [1.165, 1.54) is 6.07 Å². The lowest BCUT2D eigenvalue weighted by atomic mass is 9.89. The molecule has 1 heterocycles. The zero-order valence-electron chi connectivity index (χ0n) is 14.2. The van der Waals surface area contributed by atoms with Gasteiger partial charge in [-0.05, 0) is 55.2 Å². The van der Waals surface area contributed by atoms with Crippen molar-refractivity contribution in [1.29, 1.82) is 0 Å². The Hall–Kier alpha value is -1.43. The maximum absolute atomic E-state index is 13.5. The summed E-state index contributed by atoms with van der Waals surface area (Å²) >= 11 is 0. The molecule has 1 aromatic rings. The molecule has 6 heteroatoms. The average molecular weight is 353 g/mol. The van der Waals surface area contributed by atoms with Crippen molar-refractivity contribution in [2.75, 3.05) is 18.6 Å². The number of amides is 1. The van der Waals surface area contributed by atoms with Crippen LogP contribution in [0.3, 0.4) is 0 Å². The van der Waals surface area contributed by atoms with Crippen LogP contribution in [0.1, 0.15) is 42.7 Å². The molecule has 1 saturated carbocycles. The maximum Gasteiger partial charge on any atom is 0.223 e. The molecule has 1 aliphatic heterocycles. The Bertz CT molecular complexity index is 743. The molecule has 0 radical (unpaired) electrons. The predicted molar refractivity (Wildman–Crippen MR) is 91.0 cm³/mol. The zero-order valence-corrected chi connectivity index (χ0v) is 15.0. The van der Waals surface area contributed by atoms with Gasteiger partial charge >= 0.3 is 0 Å². The summed E-state index contributed by atoms with van der Waals surface area (Å²) in [5, 5.41) is 0. The van der Waals surface area contributed by atoms with E-state index >= 15 is 0 Å². The smallest absolute Gasteiger partial charge is 0.223 e. The van der Waals surface area contributed by atoms with Crippen LogP contribution < -0.4 is 0 Å². The van der Waals surface area contributed by atoms with Gasteiger partial charge in [0.15, 0.2) is 9.84 Å². The summed E-state index contributed by atoms with van der Waals surface area (Å²) in [6.07, 6.45) is 3.07. The monoisotopic (exact) mass is 353 g/mol. The fourth-order valence-electron chi connectivity index (χ4n) is 3.57. The van der Waals surface area contributed by atoms with Crippen molar-refractivity contribution in [3.8, 4) is 0 Å². The Balaban J connectivity index is 1.71. The second kappa shape index (κ2) is 6.47. The van der Waals surface area contributed by atoms with Gasteiger partial charge in [0.2, 0.25) is 5.91 Å². The number of hydrogen-bond donors (Lipinski definition) is 0. The summed E-state index contributed by atoms with van der Waals surface area (Å²) in [5.41, 5.74) is 1.61. The fraction of sp³-hybridized carbons (Fsp3) is 0.611. The molecule has 24 heavy (non-hydrogen) atoms. The first-order valence-electron chi connectivity index (χ1n) is 8.49. The number of carbonyl (C=O) groups excluding carboxylic acids is 1. The van der Waals surface area contributed by atoms with E-state index < -0.39 is 9.84 Å². The van der Waals surface area contributed by atoms with Crippen molar-refractivity contribution in [3.05, 3.63) is 35.1 Å². The van der Waals surface area contributed by atoms with Crippen LogP contribution in [0, 0.1) is 18.7 Å². The van der Waals surface area contributed by atoms with Gasteiger partial charge in [-0.1, -0.05) is 12.1 Å². The van der Waals surface area contributed by atoms with E-state index in [0.29, 0.717) is 24.3 Å². The minimum Gasteiger partial charge on any atom is -0.342 e. The van der Waals surface area contributed by atoms with Crippen molar-refractivity contribution in [2.24, 2.45) is 5.92 Å². The Labute approximate surface area is 143 Å². The van der Waals surface area contributed by atoms with Crippen LogP contribution >= 0.6 is 0 Å². The van der Waals surface area contributed by atoms with Crippen LogP contribution in [0.4, 0.5) is 4.39 Å². The normalized spacial score (nSPS) is 23.9. The SMILES string of the molecule is Cc1cc(C(CC(=O)N(C)C2CCS(=O)(=O)C2)C2CC2)ccc1F. The molecular formula is C18H24FNO3S. The third kappa shape index (κ3) is 3.79. The van der Waals surface area contributed by atoms with E-state index in [0.717, 1.165) is 18.4 Å². The second-order valence-electron chi connectivity index (χ2n) is 7.22. The standard InChI is InChI=1S/C18H24FNO3S/c1-12-9-14(5-6-17(12)19)16(13-3-4-13)10-18(21)20(2)15-7-8-24(22,23)11-15/h5-6,9,13,15-16H,3-4,7-8,10-11H2,1-2H3. The number of aryl methyl sites for hydroxylation is 1. The average Bonchev–Trinajstić information content (AvgIpc) is 3.30. The Morgan fingerprint density at radius 1 is 1.33 bits per heavy atom. The van der Waals surface area contributed by atoms with Gasteiger partial charge in [0.05, 0.1) is 11.5 Å². The summed E-state index contributed by atoms with van der Waals surface area (Å²) < 4.78 is 36.8. The summed E-state index contributed by atoms with van der Waals surface area (Å²) in [6.45, 7) is 1.74. The molecule has 2 fully saturated rings. The highest BCUT2D eigenvalue weighted by molar-refractivity contribution is 7.91. The van der Waals surface area contributed by atoms with E-state index in [9.17, 15) is 17.6 Å². The van der Waals surface area contributed by atoms with Crippen LogP contribution in [0.15, 0.2) is 18.2 Å². The number of nitrogens with zero attached hydrogens (tertiary/aromatic N) is 1. The highest BCUT2D eigenvalue weighted by atomic mass is 32.2. The van der Waals surface area contributed by atoms with E-state index in [4.69, 9.17) is 0 Å². The van der Waals surface area contributed by atoms with E-state index in [1.54, 1.807) is 24.9 Å². The summed E-state index contributed by atoms with van der Waals surface area (Å²) in [6, 6.07) is 4.87. The van der Waals surface area contributed by atoms with Crippen molar-refractivity contribution in [3.63, 3.8) is 0 Å². The zero-order chi connectivity index (χ0) is 17.5. The minimum absolute atomic E-state index is 0.0176. The van der Waals surface area contributed by atoms with Crippen LogP contribution in [0.5, 0.6) is 0 Å². The molecule has 4 nitrogen and oxygen atoms in total. The number of rotatable bonds is 5. The third-order valence-electron chi connectivity index (χ3n) is 5.35. The second-order valence-corrected chi connectivity index (χ2v) is 9.45. The van der Waals surface area contributed by atoms with Crippen LogP contribution in [0.2, 0.25) is 0 Å². The first-order chi connectivity index (χ1) is 11.3. The summed E-state index contributed by atoms with van der Waals surface area (Å²) in [7, 11) is -1.30. The van der Waals surface area contributed by atoms with E-state index in [1.807, 2.05) is 6.07 Å². The molecule has 0 spiro atoms. The molecule has 2 atom stereocenters. The third-order valence-corrected chi connectivity index (χ3v) is 7.10. The van der Waals surface area contributed by atoms with Crippen molar-refractivity contribution in [1.82, 2.24) is 4.90 Å². The summed E-state index contributed by atoms with van der Waals surface area (Å²) in [4.78, 5) is 14.3. The first-order valence-corrected chi connectivity index (χ1v) is 10.3. The van der Waals surface area contributed by atoms with Crippen LogP contribution in [-0.4, -0.2) is 43.8 Å². The highest BCUT2D eigenvalue weighted by Gasteiger charge is 2.37. The molecule has 0 aromatic heterocycles. The lowest BCUT2D eigenvalue weighted by Crippen LogP contribution is -2.38. The molecule has 0 bridgehead atoms. The van der Waals surface area contributed by atoms with Gasteiger partial charge in [-0.15, -0.1) is 0 Å². The number of carbonyl (C=O) groups is 1. The first kappa shape index (κ1) is 17.4. The van der Waals surface area contributed by atoms with Gasteiger partial charge < -0.3 is 4.90 Å². The molecule has 2 unspecified atom stereocenters. The number of benzene rings is 1.